The molecule has 0 heterocycles. The van der Waals surface area contributed by atoms with Gasteiger partial charge in [-0.2, -0.15) is 13.2 Å². The molecule has 6 heteroatoms. The van der Waals surface area contributed by atoms with Gasteiger partial charge in [0.05, 0.1) is 12.2 Å². The summed E-state index contributed by atoms with van der Waals surface area (Å²) in [6.45, 7) is 2.30. The Morgan fingerprint density at radius 3 is 2.26 bits per heavy atom. The summed E-state index contributed by atoms with van der Waals surface area (Å²) in [6, 6.07) is 9.48. The molecule has 0 aliphatic heterocycles. The van der Waals surface area contributed by atoms with Gasteiger partial charge in [-0.1, -0.05) is 12.1 Å². The molecule has 23 heavy (non-hydrogen) atoms. The van der Waals surface area contributed by atoms with Crippen molar-refractivity contribution in [1.82, 2.24) is 0 Å². The van der Waals surface area contributed by atoms with Gasteiger partial charge in [0.2, 0.25) is 0 Å². The Labute approximate surface area is 131 Å². The average Bonchev–Trinajstić information content (AvgIpc) is 2.53. The first-order valence-corrected chi connectivity index (χ1v) is 6.95. The van der Waals surface area contributed by atoms with Crippen LogP contribution in [-0.4, -0.2) is 12.9 Å². The summed E-state index contributed by atoms with van der Waals surface area (Å²) >= 11 is 0. The van der Waals surface area contributed by atoms with Gasteiger partial charge < -0.3 is 9.47 Å². The molecular formula is C17H15F3O3. The van der Waals surface area contributed by atoms with Crippen molar-refractivity contribution < 1.29 is 27.4 Å². The van der Waals surface area contributed by atoms with Crippen LogP contribution in [0.3, 0.4) is 0 Å². The second kappa shape index (κ2) is 7.17. The molecule has 0 bridgehead atoms. The number of hydrogen-bond donors (Lipinski definition) is 0. The second-order valence-corrected chi connectivity index (χ2v) is 4.74. The molecule has 0 amide bonds. The summed E-state index contributed by atoms with van der Waals surface area (Å²) in [4.78, 5) is 10.8. The zero-order valence-electron chi connectivity index (χ0n) is 12.4. The number of benzene rings is 2. The molecule has 0 saturated heterocycles. The number of halogens is 3. The van der Waals surface area contributed by atoms with E-state index in [1.807, 2.05) is 0 Å². The summed E-state index contributed by atoms with van der Waals surface area (Å²) in [5.74, 6) is 0.848. The Hall–Kier alpha value is -2.50. The van der Waals surface area contributed by atoms with E-state index in [0.717, 1.165) is 12.1 Å². The molecule has 2 aromatic rings. The van der Waals surface area contributed by atoms with Crippen molar-refractivity contribution in [2.75, 3.05) is 6.61 Å². The quantitative estimate of drug-likeness (QED) is 0.734. The molecule has 0 radical (unpaired) electrons. The molecule has 0 aliphatic carbocycles. The van der Waals surface area contributed by atoms with Crippen LogP contribution in [0.25, 0.3) is 0 Å². The number of hydrogen-bond acceptors (Lipinski definition) is 3. The van der Waals surface area contributed by atoms with Gasteiger partial charge in [-0.25, -0.2) is 0 Å². The molecular weight excluding hydrogens is 309 g/mol. The van der Waals surface area contributed by atoms with Crippen molar-refractivity contribution in [1.29, 1.82) is 0 Å². The first-order chi connectivity index (χ1) is 10.9. The highest BCUT2D eigenvalue weighted by Gasteiger charge is 2.29. The number of aldehydes is 1. The SMILES string of the molecule is CCOc1cc(C=O)ccc1OCc1ccc(C(F)(F)F)cc1. The molecule has 0 aliphatic rings. The van der Waals surface area contributed by atoms with Crippen LogP contribution in [0.2, 0.25) is 0 Å². The lowest BCUT2D eigenvalue weighted by Crippen LogP contribution is -2.05. The summed E-state index contributed by atoms with van der Waals surface area (Å²) < 4.78 is 48.5. The molecule has 0 spiro atoms. The molecule has 2 aromatic carbocycles. The van der Waals surface area contributed by atoms with Crippen LogP contribution < -0.4 is 9.47 Å². The van der Waals surface area contributed by atoms with E-state index in [0.29, 0.717) is 35.5 Å². The third-order valence-corrected chi connectivity index (χ3v) is 3.08. The molecule has 2 rings (SSSR count). The lowest BCUT2D eigenvalue weighted by molar-refractivity contribution is -0.137. The van der Waals surface area contributed by atoms with E-state index in [-0.39, 0.29) is 6.61 Å². The van der Waals surface area contributed by atoms with Crippen LogP contribution in [0.15, 0.2) is 42.5 Å². The summed E-state index contributed by atoms with van der Waals surface area (Å²) in [5, 5.41) is 0. The summed E-state index contributed by atoms with van der Waals surface area (Å²) in [6.07, 6.45) is -3.66. The molecule has 0 N–H and O–H groups in total. The minimum atomic E-state index is -4.35. The Balaban J connectivity index is 2.09. The van der Waals surface area contributed by atoms with Crippen molar-refractivity contribution in [3.05, 3.63) is 59.2 Å². The van der Waals surface area contributed by atoms with E-state index >= 15 is 0 Å². The monoisotopic (exact) mass is 324 g/mol. The fraction of sp³-hybridized carbons (Fsp3) is 0.235. The molecule has 0 atom stereocenters. The number of carbonyl (C=O) groups is 1. The first kappa shape index (κ1) is 16.9. The number of alkyl halides is 3. The van der Waals surface area contributed by atoms with E-state index in [9.17, 15) is 18.0 Å². The van der Waals surface area contributed by atoms with Crippen molar-refractivity contribution in [2.45, 2.75) is 19.7 Å². The third kappa shape index (κ3) is 4.48. The van der Waals surface area contributed by atoms with E-state index in [4.69, 9.17) is 9.47 Å². The maximum atomic E-state index is 12.5. The fourth-order valence-electron chi connectivity index (χ4n) is 1.94. The van der Waals surface area contributed by atoms with Crippen LogP contribution in [0.5, 0.6) is 11.5 Å². The first-order valence-electron chi connectivity index (χ1n) is 6.95. The minimum absolute atomic E-state index is 0.0959. The predicted molar refractivity (Wildman–Crippen MR) is 78.8 cm³/mol. The third-order valence-electron chi connectivity index (χ3n) is 3.08. The highest BCUT2D eigenvalue weighted by Crippen LogP contribution is 2.31. The lowest BCUT2D eigenvalue weighted by Gasteiger charge is -2.13. The standard InChI is InChI=1S/C17H15F3O3/c1-2-22-16-9-13(10-21)5-8-15(16)23-11-12-3-6-14(7-4-12)17(18,19)20/h3-10H,2,11H2,1H3. The molecule has 0 aromatic heterocycles. The number of ether oxygens (including phenoxy) is 2. The lowest BCUT2D eigenvalue weighted by atomic mass is 10.1. The van der Waals surface area contributed by atoms with Gasteiger partial charge in [-0.05, 0) is 42.8 Å². The maximum Gasteiger partial charge on any atom is 0.416 e. The molecule has 0 unspecified atom stereocenters. The highest BCUT2D eigenvalue weighted by molar-refractivity contribution is 5.76. The van der Waals surface area contributed by atoms with Crippen LogP contribution in [0, 0.1) is 0 Å². The maximum absolute atomic E-state index is 12.5. The van der Waals surface area contributed by atoms with Gasteiger partial charge in [0.1, 0.15) is 12.9 Å². The molecule has 0 fully saturated rings. The van der Waals surface area contributed by atoms with E-state index < -0.39 is 11.7 Å². The summed E-state index contributed by atoms with van der Waals surface area (Å²) in [7, 11) is 0. The minimum Gasteiger partial charge on any atom is -0.490 e. The van der Waals surface area contributed by atoms with Gasteiger partial charge in [0.25, 0.3) is 0 Å². The van der Waals surface area contributed by atoms with Gasteiger partial charge >= 0.3 is 6.18 Å². The largest absolute Gasteiger partial charge is 0.490 e. The van der Waals surface area contributed by atoms with Gasteiger partial charge in [0, 0.05) is 5.56 Å². The zero-order chi connectivity index (χ0) is 16.9. The zero-order valence-corrected chi connectivity index (χ0v) is 12.4. The van der Waals surface area contributed by atoms with E-state index in [1.165, 1.54) is 12.1 Å². The van der Waals surface area contributed by atoms with E-state index in [1.54, 1.807) is 25.1 Å². The van der Waals surface area contributed by atoms with Crippen LogP contribution >= 0.6 is 0 Å². The topological polar surface area (TPSA) is 35.5 Å². The fourth-order valence-corrected chi connectivity index (χ4v) is 1.94. The Kier molecular flexibility index (Phi) is 5.26. The van der Waals surface area contributed by atoms with Crippen LogP contribution in [-0.2, 0) is 12.8 Å². The Morgan fingerprint density at radius 2 is 1.70 bits per heavy atom. The van der Waals surface area contributed by atoms with Crippen LogP contribution in [0.1, 0.15) is 28.4 Å². The second-order valence-electron chi connectivity index (χ2n) is 4.74. The average molecular weight is 324 g/mol. The van der Waals surface area contributed by atoms with Crippen LogP contribution in [0.4, 0.5) is 13.2 Å². The normalized spacial score (nSPS) is 11.1. The summed E-state index contributed by atoms with van der Waals surface area (Å²) in [5.41, 5.74) is 0.349. The predicted octanol–water partition coefficient (Wildman–Crippen LogP) is 4.50. The molecule has 3 nitrogen and oxygen atoms in total. The van der Waals surface area contributed by atoms with Gasteiger partial charge in [-0.3, -0.25) is 4.79 Å². The Morgan fingerprint density at radius 1 is 1.00 bits per heavy atom. The number of carbonyl (C=O) groups excluding carboxylic acids is 1. The molecule has 122 valence electrons. The van der Waals surface area contributed by atoms with Crippen molar-refractivity contribution in [2.24, 2.45) is 0 Å². The van der Waals surface area contributed by atoms with E-state index in [2.05, 4.69) is 0 Å². The van der Waals surface area contributed by atoms with Crippen molar-refractivity contribution >= 4 is 6.29 Å². The molecule has 0 saturated carbocycles. The number of rotatable bonds is 6. The Bertz CT molecular complexity index is 664. The van der Waals surface area contributed by atoms with Gasteiger partial charge in [-0.15, -0.1) is 0 Å². The van der Waals surface area contributed by atoms with Crippen molar-refractivity contribution in [3.63, 3.8) is 0 Å². The van der Waals surface area contributed by atoms with Crippen molar-refractivity contribution in [3.8, 4) is 11.5 Å². The van der Waals surface area contributed by atoms with Gasteiger partial charge in [0.15, 0.2) is 11.5 Å². The smallest absolute Gasteiger partial charge is 0.416 e. The highest BCUT2D eigenvalue weighted by atomic mass is 19.4.